The maximum atomic E-state index is 13.2. The molecule has 2 amide bonds. The summed E-state index contributed by atoms with van der Waals surface area (Å²) in [6.45, 7) is -0.0103. The van der Waals surface area contributed by atoms with E-state index in [1.807, 2.05) is 0 Å². The number of amides is 2. The van der Waals surface area contributed by atoms with Crippen molar-refractivity contribution in [3.8, 4) is 0 Å². The average Bonchev–Trinajstić information content (AvgIpc) is 2.78. The van der Waals surface area contributed by atoms with Crippen molar-refractivity contribution in [1.82, 2.24) is 4.90 Å². The Morgan fingerprint density at radius 2 is 1.75 bits per heavy atom. The molecule has 122 valence electrons. The number of rotatable bonds is 3. The lowest BCUT2D eigenvalue weighted by Crippen LogP contribution is -2.27. The average molecular weight is 382 g/mol. The van der Waals surface area contributed by atoms with Gasteiger partial charge < -0.3 is 0 Å². The molecule has 0 saturated carbocycles. The van der Waals surface area contributed by atoms with Gasteiger partial charge in [0.1, 0.15) is 5.82 Å². The number of hydrogen-bond donors (Lipinski definition) is 0. The second-order valence-electron chi connectivity index (χ2n) is 5.02. The van der Waals surface area contributed by atoms with Crippen LogP contribution < -0.4 is 0 Å². The first-order valence-corrected chi connectivity index (χ1v) is 8.47. The zero-order valence-electron chi connectivity index (χ0n) is 12.1. The lowest BCUT2D eigenvalue weighted by molar-refractivity contribution is -0.123. The maximum absolute atomic E-state index is 13.2. The van der Waals surface area contributed by atoms with E-state index in [0.717, 1.165) is 16.7 Å². The Hall–Kier alpha value is -1.82. The summed E-state index contributed by atoms with van der Waals surface area (Å²) < 4.78 is 13.2. The fourth-order valence-electron chi connectivity index (χ4n) is 2.23. The van der Waals surface area contributed by atoms with Crippen molar-refractivity contribution < 1.29 is 14.0 Å². The summed E-state index contributed by atoms with van der Waals surface area (Å²) in [5.41, 5.74) is 1.02. The lowest BCUT2D eigenvalue weighted by atomic mass is 10.2. The van der Waals surface area contributed by atoms with Gasteiger partial charge in [-0.15, -0.1) is 0 Å². The molecule has 0 N–H and O–H groups in total. The fraction of sp³-hybridized carbons (Fsp3) is 0.0588. The van der Waals surface area contributed by atoms with Crippen molar-refractivity contribution >= 4 is 52.2 Å². The second kappa shape index (κ2) is 6.97. The molecule has 1 heterocycles. The second-order valence-corrected chi connectivity index (χ2v) is 6.83. The van der Waals surface area contributed by atoms with Crippen LogP contribution in [0.4, 0.5) is 9.18 Å². The van der Waals surface area contributed by atoms with Crippen LogP contribution >= 0.6 is 35.0 Å². The highest BCUT2D eigenvalue weighted by molar-refractivity contribution is 8.18. The molecule has 0 aliphatic carbocycles. The highest BCUT2D eigenvalue weighted by Crippen LogP contribution is 2.35. The van der Waals surface area contributed by atoms with Crippen molar-refractivity contribution in [3.63, 3.8) is 0 Å². The lowest BCUT2D eigenvalue weighted by Gasteiger charge is -2.14. The molecule has 1 aliphatic heterocycles. The summed E-state index contributed by atoms with van der Waals surface area (Å²) in [6.07, 6.45) is 1.49. The summed E-state index contributed by atoms with van der Waals surface area (Å²) in [5, 5.41) is 0.352. The molecule has 0 radical (unpaired) electrons. The maximum Gasteiger partial charge on any atom is 0.293 e. The SMILES string of the molecule is O=C1S/C(=C\c2cccc(F)c2)C(=O)N1Cc1c(Cl)cccc1Cl. The number of carbonyl (C=O) groups is 2. The zero-order valence-corrected chi connectivity index (χ0v) is 14.5. The largest absolute Gasteiger partial charge is 0.293 e. The van der Waals surface area contributed by atoms with E-state index in [0.29, 0.717) is 21.2 Å². The Balaban J connectivity index is 1.87. The van der Waals surface area contributed by atoms with Gasteiger partial charge >= 0.3 is 0 Å². The van der Waals surface area contributed by atoms with E-state index in [4.69, 9.17) is 23.2 Å². The van der Waals surface area contributed by atoms with Gasteiger partial charge in [0.15, 0.2) is 0 Å². The third-order valence-corrected chi connectivity index (χ3v) is 5.01. The van der Waals surface area contributed by atoms with Crippen molar-refractivity contribution in [2.75, 3.05) is 0 Å². The van der Waals surface area contributed by atoms with E-state index >= 15 is 0 Å². The molecular formula is C17H10Cl2FNO2S. The van der Waals surface area contributed by atoms with E-state index in [9.17, 15) is 14.0 Å². The summed E-state index contributed by atoms with van der Waals surface area (Å²) >= 11 is 13.0. The van der Waals surface area contributed by atoms with E-state index in [2.05, 4.69) is 0 Å². The minimum absolute atomic E-state index is 0.0103. The highest BCUT2D eigenvalue weighted by atomic mass is 35.5. The summed E-state index contributed by atoms with van der Waals surface area (Å²) in [4.78, 5) is 25.9. The van der Waals surface area contributed by atoms with E-state index in [-0.39, 0.29) is 11.4 Å². The summed E-state index contributed by atoms with van der Waals surface area (Å²) in [6, 6.07) is 10.8. The van der Waals surface area contributed by atoms with Gasteiger partial charge in [-0.3, -0.25) is 14.5 Å². The first-order chi connectivity index (χ1) is 11.5. The van der Waals surface area contributed by atoms with E-state index in [1.54, 1.807) is 24.3 Å². The third kappa shape index (κ3) is 3.48. The number of hydrogen-bond acceptors (Lipinski definition) is 3. The van der Waals surface area contributed by atoms with Crippen LogP contribution in [0.5, 0.6) is 0 Å². The normalized spacial score (nSPS) is 16.3. The summed E-state index contributed by atoms with van der Waals surface area (Å²) in [7, 11) is 0. The number of carbonyl (C=O) groups excluding carboxylic acids is 2. The smallest absolute Gasteiger partial charge is 0.268 e. The quantitative estimate of drug-likeness (QED) is 0.670. The molecule has 0 aromatic heterocycles. The van der Waals surface area contributed by atoms with Crippen LogP contribution in [-0.4, -0.2) is 16.0 Å². The van der Waals surface area contributed by atoms with Crippen LogP contribution in [0.3, 0.4) is 0 Å². The van der Waals surface area contributed by atoms with Crippen LogP contribution in [0.1, 0.15) is 11.1 Å². The van der Waals surface area contributed by atoms with Gasteiger partial charge in [0.25, 0.3) is 11.1 Å². The van der Waals surface area contributed by atoms with Gasteiger partial charge in [-0.05, 0) is 47.7 Å². The van der Waals surface area contributed by atoms with Gasteiger partial charge in [-0.25, -0.2) is 4.39 Å². The topological polar surface area (TPSA) is 37.4 Å². The molecule has 3 rings (SSSR count). The molecule has 1 aliphatic rings. The number of halogens is 3. The molecule has 0 unspecified atom stereocenters. The monoisotopic (exact) mass is 381 g/mol. The molecule has 1 saturated heterocycles. The van der Waals surface area contributed by atoms with Crippen molar-refractivity contribution in [3.05, 3.63) is 74.4 Å². The Labute approximate surface area is 152 Å². The minimum atomic E-state index is -0.453. The molecule has 24 heavy (non-hydrogen) atoms. The van der Waals surface area contributed by atoms with Crippen LogP contribution in [0.25, 0.3) is 6.08 Å². The molecule has 2 aromatic rings. The molecule has 7 heteroatoms. The number of nitrogens with zero attached hydrogens (tertiary/aromatic N) is 1. The molecular weight excluding hydrogens is 372 g/mol. The third-order valence-electron chi connectivity index (χ3n) is 3.40. The first kappa shape index (κ1) is 17.0. The Kier molecular flexibility index (Phi) is 4.94. The van der Waals surface area contributed by atoms with Crippen molar-refractivity contribution in [1.29, 1.82) is 0 Å². The molecule has 3 nitrogen and oxygen atoms in total. The number of thioether (sulfide) groups is 1. The number of benzene rings is 2. The van der Waals surface area contributed by atoms with Gasteiger partial charge in [-0.2, -0.15) is 0 Å². The highest BCUT2D eigenvalue weighted by Gasteiger charge is 2.35. The van der Waals surface area contributed by atoms with E-state index in [1.165, 1.54) is 24.3 Å². The molecule has 0 atom stereocenters. The van der Waals surface area contributed by atoms with E-state index < -0.39 is 17.0 Å². The predicted octanol–water partition coefficient (Wildman–Crippen LogP) is 5.37. The minimum Gasteiger partial charge on any atom is -0.268 e. The van der Waals surface area contributed by atoms with Crippen LogP contribution in [0.2, 0.25) is 10.0 Å². The number of imide groups is 1. The van der Waals surface area contributed by atoms with Crippen LogP contribution in [0.15, 0.2) is 47.4 Å². The first-order valence-electron chi connectivity index (χ1n) is 6.89. The predicted molar refractivity (Wildman–Crippen MR) is 94.4 cm³/mol. The zero-order chi connectivity index (χ0) is 17.3. The van der Waals surface area contributed by atoms with Crippen molar-refractivity contribution in [2.45, 2.75) is 6.54 Å². The van der Waals surface area contributed by atoms with Crippen molar-refractivity contribution in [2.24, 2.45) is 0 Å². The Bertz CT molecular complexity index is 849. The van der Waals surface area contributed by atoms with Gasteiger partial charge in [0, 0.05) is 15.6 Å². The molecule has 1 fully saturated rings. The van der Waals surface area contributed by atoms with Crippen LogP contribution in [-0.2, 0) is 11.3 Å². The Morgan fingerprint density at radius 3 is 2.42 bits per heavy atom. The van der Waals surface area contributed by atoms with Gasteiger partial charge in [-0.1, -0.05) is 41.4 Å². The fourth-order valence-corrected chi connectivity index (χ4v) is 3.58. The summed E-state index contributed by atoms with van der Waals surface area (Å²) in [5.74, 6) is -0.865. The molecule has 2 aromatic carbocycles. The van der Waals surface area contributed by atoms with Gasteiger partial charge in [0.05, 0.1) is 11.4 Å². The molecule has 0 spiro atoms. The van der Waals surface area contributed by atoms with Crippen LogP contribution in [0, 0.1) is 5.82 Å². The molecule has 0 bridgehead atoms. The Morgan fingerprint density at radius 1 is 1.08 bits per heavy atom. The standard InChI is InChI=1S/C17H10Cl2FNO2S/c18-13-5-2-6-14(19)12(13)9-21-16(22)15(24-17(21)23)8-10-3-1-4-11(20)7-10/h1-8H,9H2/b15-8-. The van der Waals surface area contributed by atoms with Gasteiger partial charge in [0.2, 0.25) is 0 Å².